The summed E-state index contributed by atoms with van der Waals surface area (Å²) in [6.07, 6.45) is 7.63. The molecular weight excluding hydrogens is 232 g/mol. The van der Waals surface area contributed by atoms with E-state index in [0.29, 0.717) is 6.54 Å². The lowest BCUT2D eigenvalue weighted by Crippen LogP contribution is -2.11. The van der Waals surface area contributed by atoms with Gasteiger partial charge in [-0.15, -0.1) is 11.3 Å². The van der Waals surface area contributed by atoms with E-state index >= 15 is 0 Å². The Kier molecular flexibility index (Phi) is 2.53. The highest BCUT2D eigenvalue weighted by atomic mass is 32.1. The molecule has 0 atom stereocenters. The van der Waals surface area contributed by atoms with Gasteiger partial charge in [-0.05, 0) is 31.3 Å². The number of hydrogen-bond acceptors (Lipinski definition) is 4. The quantitative estimate of drug-likeness (QED) is 0.813. The standard InChI is InChI=1S/C12H11N4S/c1-9-4-6-16(14-7-9)8-11-15-12-10(17-11)3-2-5-13-12/h2-7H,8H2,1H3/q-1. The van der Waals surface area contributed by atoms with Crippen molar-refractivity contribution in [3.63, 3.8) is 0 Å². The van der Waals surface area contributed by atoms with Crippen molar-refractivity contribution in [3.8, 4) is 0 Å². The maximum absolute atomic E-state index is 4.48. The molecule has 17 heavy (non-hydrogen) atoms. The molecular formula is C12H11N4S-. The van der Waals surface area contributed by atoms with Gasteiger partial charge in [0.1, 0.15) is 5.01 Å². The minimum Gasteiger partial charge on any atom is -0.601 e. The van der Waals surface area contributed by atoms with Crippen LogP contribution in [0.2, 0.25) is 0 Å². The van der Waals surface area contributed by atoms with Crippen molar-refractivity contribution in [2.45, 2.75) is 13.5 Å². The second kappa shape index (κ2) is 4.18. The highest BCUT2D eigenvalue weighted by molar-refractivity contribution is 7.18. The van der Waals surface area contributed by atoms with Crippen molar-refractivity contribution in [2.24, 2.45) is 0 Å². The summed E-state index contributed by atoms with van der Waals surface area (Å²) in [4.78, 5) is 8.70. The third kappa shape index (κ3) is 2.14. The zero-order chi connectivity index (χ0) is 11.7. The number of aromatic nitrogens is 2. The fourth-order valence-electron chi connectivity index (χ4n) is 1.56. The van der Waals surface area contributed by atoms with Gasteiger partial charge in [-0.2, -0.15) is 6.20 Å². The van der Waals surface area contributed by atoms with Crippen LogP contribution < -0.4 is 0 Å². The van der Waals surface area contributed by atoms with Crippen LogP contribution in [0, 0.1) is 0 Å². The topological polar surface area (TPSA) is 43.1 Å². The predicted molar refractivity (Wildman–Crippen MR) is 69.2 cm³/mol. The van der Waals surface area contributed by atoms with Crippen LogP contribution in [0.1, 0.15) is 11.9 Å². The Balaban J connectivity index is 1.79. The molecule has 0 fully saturated rings. The van der Waals surface area contributed by atoms with E-state index in [9.17, 15) is 0 Å². The second-order valence-corrected chi connectivity index (χ2v) is 4.95. The Labute approximate surface area is 103 Å². The summed E-state index contributed by atoms with van der Waals surface area (Å²) >= 11 is 1.66. The van der Waals surface area contributed by atoms with Crippen LogP contribution in [0.3, 0.4) is 0 Å². The first-order valence-electron chi connectivity index (χ1n) is 5.34. The van der Waals surface area contributed by atoms with Crippen LogP contribution in [0.25, 0.3) is 15.8 Å². The highest BCUT2D eigenvalue weighted by Crippen LogP contribution is 2.23. The molecule has 0 N–H and O–H groups in total. The number of thiazole rings is 1. The summed E-state index contributed by atoms with van der Waals surface area (Å²) in [7, 11) is 0. The van der Waals surface area contributed by atoms with Crippen LogP contribution in [-0.2, 0) is 6.54 Å². The van der Waals surface area contributed by atoms with Crippen LogP contribution in [0.15, 0.2) is 42.4 Å². The van der Waals surface area contributed by atoms with Crippen molar-refractivity contribution in [2.75, 3.05) is 0 Å². The number of nitrogens with zero attached hydrogens (tertiary/aromatic N) is 4. The third-order valence-corrected chi connectivity index (χ3v) is 3.42. The number of rotatable bonds is 2. The second-order valence-electron chi connectivity index (χ2n) is 3.83. The van der Waals surface area contributed by atoms with E-state index in [1.54, 1.807) is 17.5 Å². The van der Waals surface area contributed by atoms with Gasteiger partial charge in [0.2, 0.25) is 0 Å². The minimum absolute atomic E-state index is 0.696. The molecule has 5 heteroatoms. The van der Waals surface area contributed by atoms with Gasteiger partial charge in [0.25, 0.3) is 0 Å². The lowest BCUT2D eigenvalue weighted by atomic mass is 10.3. The maximum Gasteiger partial charge on any atom is 0.170 e. The normalized spacial score (nSPS) is 14.9. The van der Waals surface area contributed by atoms with Gasteiger partial charge in [-0.3, -0.25) is 0 Å². The van der Waals surface area contributed by atoms with Gasteiger partial charge in [0.05, 0.1) is 11.2 Å². The summed E-state index contributed by atoms with van der Waals surface area (Å²) in [6.45, 7) is 2.72. The molecule has 3 heterocycles. The first kappa shape index (κ1) is 10.3. The monoisotopic (exact) mass is 243 g/mol. The van der Waals surface area contributed by atoms with Crippen LogP contribution in [-0.4, -0.2) is 15.0 Å². The minimum atomic E-state index is 0.696. The van der Waals surface area contributed by atoms with Crippen LogP contribution in [0.4, 0.5) is 0 Å². The molecule has 2 aromatic rings. The van der Waals surface area contributed by atoms with Gasteiger partial charge in [0, 0.05) is 6.20 Å². The van der Waals surface area contributed by atoms with E-state index in [1.807, 2.05) is 42.5 Å². The zero-order valence-electron chi connectivity index (χ0n) is 9.37. The molecule has 86 valence electrons. The zero-order valence-corrected chi connectivity index (χ0v) is 10.2. The maximum atomic E-state index is 4.48. The van der Waals surface area contributed by atoms with E-state index in [0.717, 1.165) is 20.9 Å². The summed E-state index contributed by atoms with van der Waals surface area (Å²) in [5.74, 6) is 0. The lowest BCUT2D eigenvalue weighted by molar-refractivity contribution is 0.470. The van der Waals surface area contributed by atoms with Gasteiger partial charge >= 0.3 is 0 Å². The van der Waals surface area contributed by atoms with Gasteiger partial charge in [0.15, 0.2) is 5.65 Å². The Morgan fingerprint density at radius 3 is 3.18 bits per heavy atom. The number of fused-ring (bicyclic) bond motifs is 1. The van der Waals surface area contributed by atoms with Crippen molar-refractivity contribution < 1.29 is 0 Å². The number of hydrogen-bond donors (Lipinski definition) is 0. The molecule has 4 nitrogen and oxygen atoms in total. The molecule has 0 aromatic carbocycles. The molecule has 1 aliphatic heterocycles. The highest BCUT2D eigenvalue weighted by Gasteiger charge is 2.04. The Bertz CT molecular complexity index is 566. The Morgan fingerprint density at radius 2 is 2.41 bits per heavy atom. The molecule has 0 unspecified atom stereocenters. The fourth-order valence-corrected chi connectivity index (χ4v) is 2.48. The van der Waals surface area contributed by atoms with Crippen molar-refractivity contribution in [3.05, 3.63) is 52.8 Å². The van der Waals surface area contributed by atoms with E-state index in [1.165, 1.54) is 0 Å². The molecule has 0 saturated carbocycles. The van der Waals surface area contributed by atoms with E-state index < -0.39 is 0 Å². The first-order valence-corrected chi connectivity index (χ1v) is 6.16. The molecule has 2 aromatic heterocycles. The summed E-state index contributed by atoms with van der Waals surface area (Å²) in [5.41, 5.74) is 6.29. The van der Waals surface area contributed by atoms with Crippen molar-refractivity contribution >= 4 is 21.7 Å². The molecule has 0 amide bonds. The smallest absolute Gasteiger partial charge is 0.170 e. The van der Waals surface area contributed by atoms with Crippen molar-refractivity contribution in [1.82, 2.24) is 15.0 Å². The summed E-state index contributed by atoms with van der Waals surface area (Å²) in [6, 6.07) is 3.97. The molecule has 0 aliphatic carbocycles. The SMILES string of the molecule is CC1=C[N-]N(Cc2nc3ncccc3s2)C=C1. The summed E-state index contributed by atoms with van der Waals surface area (Å²) in [5, 5.41) is 2.91. The molecule has 0 saturated heterocycles. The van der Waals surface area contributed by atoms with E-state index in [2.05, 4.69) is 15.4 Å². The van der Waals surface area contributed by atoms with Gasteiger partial charge in [-0.1, -0.05) is 5.57 Å². The lowest BCUT2D eigenvalue weighted by Gasteiger charge is -2.36. The third-order valence-electron chi connectivity index (χ3n) is 2.43. The summed E-state index contributed by atoms with van der Waals surface area (Å²) < 4.78 is 1.12. The molecule has 0 bridgehead atoms. The molecule has 1 aliphatic rings. The predicted octanol–water partition coefficient (Wildman–Crippen LogP) is 3.21. The van der Waals surface area contributed by atoms with Gasteiger partial charge < -0.3 is 10.4 Å². The first-order chi connectivity index (χ1) is 8.31. The molecule has 0 radical (unpaired) electrons. The van der Waals surface area contributed by atoms with Crippen molar-refractivity contribution in [1.29, 1.82) is 0 Å². The van der Waals surface area contributed by atoms with Gasteiger partial charge in [-0.25, -0.2) is 9.97 Å². The average molecular weight is 243 g/mol. The molecule has 3 rings (SSSR count). The van der Waals surface area contributed by atoms with Crippen LogP contribution in [0.5, 0.6) is 0 Å². The largest absolute Gasteiger partial charge is 0.601 e. The van der Waals surface area contributed by atoms with E-state index in [4.69, 9.17) is 0 Å². The van der Waals surface area contributed by atoms with E-state index in [-0.39, 0.29) is 0 Å². The van der Waals surface area contributed by atoms with Crippen LogP contribution >= 0.6 is 11.3 Å². The average Bonchev–Trinajstić information content (AvgIpc) is 2.74. The number of allylic oxidation sites excluding steroid dienone is 2. The fraction of sp³-hybridized carbons (Fsp3) is 0.167. The Hall–Kier alpha value is -1.88. The number of pyridine rings is 1. The molecule has 0 spiro atoms. The Morgan fingerprint density at radius 1 is 1.47 bits per heavy atom.